The Morgan fingerprint density at radius 2 is 1.70 bits per heavy atom. The molecule has 2 fully saturated rings. The summed E-state index contributed by atoms with van der Waals surface area (Å²) >= 11 is 0. The minimum Gasteiger partial charge on any atom is -0.340 e. The summed E-state index contributed by atoms with van der Waals surface area (Å²) in [6, 6.07) is 14.0. The van der Waals surface area contributed by atoms with Crippen molar-refractivity contribution in [2.45, 2.75) is 25.8 Å². The lowest BCUT2D eigenvalue weighted by atomic mass is 10.1. The van der Waals surface area contributed by atoms with Gasteiger partial charge in [0, 0.05) is 37.8 Å². The lowest BCUT2D eigenvalue weighted by molar-refractivity contribution is -0.132. The van der Waals surface area contributed by atoms with Crippen LogP contribution in [-0.2, 0) is 22.6 Å². The van der Waals surface area contributed by atoms with Crippen LogP contribution in [0.2, 0.25) is 0 Å². The van der Waals surface area contributed by atoms with Gasteiger partial charge in [-0.1, -0.05) is 24.3 Å². The molecular weight excluding hydrogens is 381 g/mol. The molecule has 2 amide bonds. The third-order valence-electron chi connectivity index (χ3n) is 5.88. The van der Waals surface area contributed by atoms with Crippen LogP contribution >= 0.6 is 0 Å². The molecule has 158 valence electrons. The summed E-state index contributed by atoms with van der Waals surface area (Å²) in [6.07, 6.45) is 2.19. The van der Waals surface area contributed by atoms with Gasteiger partial charge in [-0.2, -0.15) is 0 Å². The van der Waals surface area contributed by atoms with Gasteiger partial charge in [0.2, 0.25) is 11.8 Å². The van der Waals surface area contributed by atoms with Crippen molar-refractivity contribution in [2.75, 3.05) is 38.1 Å². The van der Waals surface area contributed by atoms with Crippen LogP contribution in [0.25, 0.3) is 0 Å². The second-order valence-corrected chi connectivity index (χ2v) is 8.36. The van der Waals surface area contributed by atoms with Crippen molar-refractivity contribution in [1.29, 1.82) is 0 Å². The van der Waals surface area contributed by atoms with E-state index in [1.54, 1.807) is 11.0 Å². The maximum atomic E-state index is 13.6. The van der Waals surface area contributed by atoms with Gasteiger partial charge in [-0.3, -0.25) is 9.59 Å². The van der Waals surface area contributed by atoms with E-state index < -0.39 is 0 Å². The normalized spacial score (nSPS) is 17.1. The van der Waals surface area contributed by atoms with E-state index >= 15 is 0 Å². The van der Waals surface area contributed by atoms with Crippen LogP contribution in [0.15, 0.2) is 48.5 Å². The van der Waals surface area contributed by atoms with Crippen LogP contribution in [0.5, 0.6) is 0 Å². The molecule has 1 aliphatic carbocycles. The molecule has 1 heterocycles. The largest absolute Gasteiger partial charge is 0.340 e. The highest BCUT2D eigenvalue weighted by Gasteiger charge is 2.34. The number of hydrogen-bond donors (Lipinski definition) is 0. The number of amides is 2. The molecule has 0 radical (unpaired) electrons. The Morgan fingerprint density at radius 1 is 1.00 bits per heavy atom. The fourth-order valence-electron chi connectivity index (χ4n) is 3.80. The van der Waals surface area contributed by atoms with Crippen molar-refractivity contribution in [2.24, 2.45) is 5.92 Å². The Labute approximate surface area is 177 Å². The molecule has 2 aromatic carbocycles. The highest BCUT2D eigenvalue weighted by atomic mass is 19.1. The molecule has 0 N–H and O–H groups in total. The molecule has 0 atom stereocenters. The van der Waals surface area contributed by atoms with Crippen molar-refractivity contribution < 1.29 is 14.0 Å². The second-order valence-electron chi connectivity index (χ2n) is 8.36. The van der Waals surface area contributed by atoms with Gasteiger partial charge in [0.25, 0.3) is 0 Å². The van der Waals surface area contributed by atoms with E-state index in [1.807, 2.05) is 35.2 Å². The standard InChI is InChI=1S/C24H28FN3O2/c1-26-11-13-27(14-12-26)23(29)16-18-5-9-22(10-6-18)28(24(30)20-7-8-20)17-19-3-2-4-21(25)15-19/h2-6,9-10,15,20H,7-8,11-14,16-17H2,1H3. The zero-order chi connectivity index (χ0) is 21.1. The van der Waals surface area contributed by atoms with Gasteiger partial charge in [-0.05, 0) is 55.3 Å². The molecule has 1 saturated carbocycles. The number of halogens is 1. The predicted molar refractivity (Wildman–Crippen MR) is 115 cm³/mol. The number of nitrogens with zero attached hydrogens (tertiary/aromatic N) is 3. The predicted octanol–water partition coefficient (Wildman–Crippen LogP) is 3.09. The number of hydrogen-bond acceptors (Lipinski definition) is 3. The number of piperazine rings is 1. The molecule has 2 aromatic rings. The molecule has 0 aromatic heterocycles. The zero-order valence-corrected chi connectivity index (χ0v) is 17.4. The van der Waals surface area contributed by atoms with E-state index in [2.05, 4.69) is 11.9 Å². The molecule has 0 bridgehead atoms. The maximum absolute atomic E-state index is 13.6. The van der Waals surface area contributed by atoms with Crippen LogP contribution in [-0.4, -0.2) is 54.8 Å². The molecule has 6 heteroatoms. The first kappa shape index (κ1) is 20.5. The van der Waals surface area contributed by atoms with Crippen LogP contribution in [0.3, 0.4) is 0 Å². The summed E-state index contributed by atoms with van der Waals surface area (Å²) in [7, 11) is 2.07. The Balaban J connectivity index is 1.45. The zero-order valence-electron chi connectivity index (χ0n) is 17.4. The summed E-state index contributed by atoms with van der Waals surface area (Å²) < 4.78 is 13.6. The van der Waals surface area contributed by atoms with Crippen molar-refractivity contribution in [3.05, 3.63) is 65.5 Å². The summed E-state index contributed by atoms with van der Waals surface area (Å²) in [5, 5.41) is 0. The SMILES string of the molecule is CN1CCN(C(=O)Cc2ccc(N(Cc3cccc(F)c3)C(=O)C3CC3)cc2)CC1. The molecule has 1 aliphatic heterocycles. The van der Waals surface area contributed by atoms with Crippen molar-refractivity contribution in [1.82, 2.24) is 9.80 Å². The van der Waals surface area contributed by atoms with Gasteiger partial charge in [0.1, 0.15) is 5.82 Å². The van der Waals surface area contributed by atoms with E-state index in [-0.39, 0.29) is 23.5 Å². The Morgan fingerprint density at radius 3 is 2.33 bits per heavy atom. The second kappa shape index (κ2) is 8.96. The molecule has 2 aliphatic rings. The first-order chi connectivity index (χ1) is 14.5. The van der Waals surface area contributed by atoms with E-state index in [1.165, 1.54) is 12.1 Å². The van der Waals surface area contributed by atoms with Crippen molar-refractivity contribution >= 4 is 17.5 Å². The molecule has 30 heavy (non-hydrogen) atoms. The monoisotopic (exact) mass is 409 g/mol. The fraction of sp³-hybridized carbons (Fsp3) is 0.417. The van der Waals surface area contributed by atoms with Gasteiger partial charge in [-0.15, -0.1) is 0 Å². The van der Waals surface area contributed by atoms with Crippen LogP contribution in [0.4, 0.5) is 10.1 Å². The van der Waals surface area contributed by atoms with Gasteiger partial charge < -0.3 is 14.7 Å². The van der Waals surface area contributed by atoms with Crippen molar-refractivity contribution in [3.63, 3.8) is 0 Å². The molecule has 0 spiro atoms. The Hall–Kier alpha value is -2.73. The third-order valence-corrected chi connectivity index (χ3v) is 5.88. The smallest absolute Gasteiger partial charge is 0.230 e. The third kappa shape index (κ3) is 5.05. The van der Waals surface area contributed by atoms with Gasteiger partial charge in [-0.25, -0.2) is 4.39 Å². The number of anilines is 1. The molecule has 1 saturated heterocycles. The number of likely N-dealkylation sites (N-methyl/N-ethyl adjacent to an activating group) is 1. The summed E-state index contributed by atoms with van der Waals surface area (Å²) in [6.45, 7) is 3.69. The van der Waals surface area contributed by atoms with Gasteiger partial charge in [0.15, 0.2) is 0 Å². The Bertz CT molecular complexity index is 903. The van der Waals surface area contributed by atoms with Crippen molar-refractivity contribution in [3.8, 4) is 0 Å². The highest BCUT2D eigenvalue weighted by Crippen LogP contribution is 2.33. The van der Waals surface area contributed by atoms with Crippen LogP contribution in [0.1, 0.15) is 24.0 Å². The molecular formula is C24H28FN3O2. The number of rotatable bonds is 6. The van der Waals surface area contributed by atoms with Gasteiger partial charge in [0.05, 0.1) is 13.0 Å². The average molecular weight is 410 g/mol. The number of benzene rings is 2. The van der Waals surface area contributed by atoms with Gasteiger partial charge >= 0.3 is 0 Å². The van der Waals surface area contributed by atoms with Crippen LogP contribution in [0, 0.1) is 11.7 Å². The Kier molecular flexibility index (Phi) is 6.13. The lowest BCUT2D eigenvalue weighted by Gasteiger charge is -2.32. The van der Waals surface area contributed by atoms with Crippen LogP contribution < -0.4 is 4.90 Å². The average Bonchev–Trinajstić information content (AvgIpc) is 3.58. The molecule has 0 unspecified atom stereocenters. The lowest BCUT2D eigenvalue weighted by Crippen LogP contribution is -2.47. The minimum atomic E-state index is -0.302. The molecule has 5 nitrogen and oxygen atoms in total. The molecule has 4 rings (SSSR count). The summed E-state index contributed by atoms with van der Waals surface area (Å²) in [5.41, 5.74) is 2.48. The first-order valence-electron chi connectivity index (χ1n) is 10.6. The number of carbonyl (C=O) groups excluding carboxylic acids is 2. The quantitative estimate of drug-likeness (QED) is 0.737. The summed E-state index contributed by atoms with van der Waals surface area (Å²) in [5.74, 6) is -0.0109. The summed E-state index contributed by atoms with van der Waals surface area (Å²) in [4.78, 5) is 31.3. The first-order valence-corrected chi connectivity index (χ1v) is 10.6. The van der Waals surface area contributed by atoms with E-state index in [0.717, 1.165) is 55.8 Å². The topological polar surface area (TPSA) is 43.9 Å². The highest BCUT2D eigenvalue weighted by molar-refractivity contribution is 5.96. The number of carbonyl (C=O) groups is 2. The maximum Gasteiger partial charge on any atom is 0.230 e. The fourth-order valence-corrected chi connectivity index (χ4v) is 3.80. The minimum absolute atomic E-state index is 0.0667. The van der Waals surface area contributed by atoms with E-state index in [9.17, 15) is 14.0 Å². The van der Waals surface area contributed by atoms with E-state index in [4.69, 9.17) is 0 Å². The van der Waals surface area contributed by atoms with E-state index in [0.29, 0.717) is 13.0 Å².